The lowest BCUT2D eigenvalue weighted by atomic mass is 10.0. The summed E-state index contributed by atoms with van der Waals surface area (Å²) in [5, 5.41) is 6.19. The van der Waals surface area contributed by atoms with Gasteiger partial charge in [0.2, 0.25) is 5.91 Å². The maximum atomic E-state index is 13.2. The molecule has 1 aliphatic rings. The standard InChI is InChI=1S/C26H29N5O5S/c1-17(2)24(30-25(33)19-10-11-20-18(15-19)7-5-13-27-20)26(34)29-21-8-6-14-31(16-22(21)32)37(35,36)23-9-3-4-12-28-23/h3-5,7,9-13,15,17,21,24H,6,8,14,16H2,1-2H3,(H,29,34)(H,30,33). The summed E-state index contributed by atoms with van der Waals surface area (Å²) in [6.07, 6.45) is 3.72. The minimum absolute atomic E-state index is 0.127. The molecule has 37 heavy (non-hydrogen) atoms. The van der Waals surface area contributed by atoms with Crippen molar-refractivity contribution in [2.45, 2.75) is 43.8 Å². The number of pyridine rings is 2. The van der Waals surface area contributed by atoms with Gasteiger partial charge >= 0.3 is 0 Å². The smallest absolute Gasteiger partial charge is 0.260 e. The summed E-state index contributed by atoms with van der Waals surface area (Å²) >= 11 is 0. The highest BCUT2D eigenvalue weighted by Gasteiger charge is 2.35. The van der Waals surface area contributed by atoms with Gasteiger partial charge in [0.15, 0.2) is 10.8 Å². The second kappa shape index (κ2) is 11.1. The molecule has 1 aliphatic heterocycles. The Balaban J connectivity index is 1.43. The highest BCUT2D eigenvalue weighted by atomic mass is 32.2. The molecule has 0 aliphatic carbocycles. The summed E-state index contributed by atoms with van der Waals surface area (Å²) in [4.78, 5) is 47.2. The molecule has 0 saturated carbocycles. The van der Waals surface area contributed by atoms with Crippen LogP contribution in [0.15, 0.2) is 66.0 Å². The summed E-state index contributed by atoms with van der Waals surface area (Å²) < 4.78 is 26.9. The van der Waals surface area contributed by atoms with Crippen molar-refractivity contribution >= 4 is 38.5 Å². The lowest BCUT2D eigenvalue weighted by Gasteiger charge is -2.24. The van der Waals surface area contributed by atoms with Crippen LogP contribution in [0, 0.1) is 5.92 Å². The Bertz CT molecular complexity index is 1410. The number of sulfonamides is 1. The first-order valence-corrected chi connectivity index (χ1v) is 13.5. The third kappa shape index (κ3) is 6.00. The molecule has 1 aromatic carbocycles. The van der Waals surface area contributed by atoms with Crippen LogP contribution in [0.3, 0.4) is 0 Å². The van der Waals surface area contributed by atoms with Crippen molar-refractivity contribution in [1.82, 2.24) is 24.9 Å². The van der Waals surface area contributed by atoms with Crippen molar-refractivity contribution in [1.29, 1.82) is 0 Å². The Hall–Kier alpha value is -3.70. The molecule has 1 fully saturated rings. The maximum absolute atomic E-state index is 13.2. The van der Waals surface area contributed by atoms with E-state index in [-0.39, 0.29) is 30.5 Å². The molecule has 0 bridgehead atoms. The number of nitrogens with zero attached hydrogens (tertiary/aromatic N) is 3. The molecule has 2 unspecified atom stereocenters. The molecule has 2 atom stereocenters. The van der Waals surface area contributed by atoms with Gasteiger partial charge in [0.25, 0.3) is 15.9 Å². The highest BCUT2D eigenvalue weighted by molar-refractivity contribution is 7.89. The van der Waals surface area contributed by atoms with E-state index in [1.807, 2.05) is 6.07 Å². The summed E-state index contributed by atoms with van der Waals surface area (Å²) in [7, 11) is -3.93. The van der Waals surface area contributed by atoms with Crippen LogP contribution in [0.2, 0.25) is 0 Å². The number of ketones is 1. The van der Waals surface area contributed by atoms with Gasteiger partial charge in [-0.1, -0.05) is 26.0 Å². The van der Waals surface area contributed by atoms with Crippen molar-refractivity contribution in [3.63, 3.8) is 0 Å². The second-order valence-corrected chi connectivity index (χ2v) is 11.2. The van der Waals surface area contributed by atoms with E-state index in [0.717, 1.165) is 15.2 Å². The van der Waals surface area contributed by atoms with E-state index in [1.54, 1.807) is 56.4 Å². The molecule has 2 amide bonds. The third-order valence-corrected chi connectivity index (χ3v) is 8.04. The minimum Gasteiger partial charge on any atom is -0.344 e. The Kier molecular flexibility index (Phi) is 7.94. The fourth-order valence-electron chi connectivity index (χ4n) is 4.22. The van der Waals surface area contributed by atoms with Gasteiger partial charge in [-0.15, -0.1) is 0 Å². The number of fused-ring (bicyclic) bond motifs is 1. The van der Waals surface area contributed by atoms with E-state index in [9.17, 15) is 22.8 Å². The SMILES string of the molecule is CC(C)C(NC(=O)c1ccc2ncccc2c1)C(=O)NC1CCCN(S(=O)(=O)c2ccccn2)CC1=O. The molecule has 1 saturated heterocycles. The Morgan fingerprint density at radius 1 is 1.05 bits per heavy atom. The van der Waals surface area contributed by atoms with Crippen LogP contribution in [0.5, 0.6) is 0 Å². The zero-order valence-corrected chi connectivity index (χ0v) is 21.4. The van der Waals surface area contributed by atoms with Gasteiger partial charge in [-0.3, -0.25) is 19.4 Å². The van der Waals surface area contributed by atoms with E-state index in [4.69, 9.17) is 0 Å². The van der Waals surface area contributed by atoms with Crippen molar-refractivity contribution in [3.8, 4) is 0 Å². The Morgan fingerprint density at radius 3 is 2.57 bits per heavy atom. The van der Waals surface area contributed by atoms with Crippen molar-refractivity contribution in [2.24, 2.45) is 5.92 Å². The normalized spacial score (nSPS) is 17.8. The molecule has 2 aromatic heterocycles. The van der Waals surface area contributed by atoms with E-state index < -0.39 is 39.7 Å². The molecule has 11 heteroatoms. The molecule has 2 N–H and O–H groups in total. The van der Waals surface area contributed by atoms with E-state index in [1.165, 1.54) is 12.3 Å². The summed E-state index contributed by atoms with van der Waals surface area (Å²) in [5.41, 5.74) is 1.14. The largest absolute Gasteiger partial charge is 0.344 e. The number of rotatable bonds is 7. The molecule has 10 nitrogen and oxygen atoms in total. The van der Waals surface area contributed by atoms with Crippen molar-refractivity contribution in [3.05, 3.63) is 66.5 Å². The molecule has 4 rings (SSSR count). The molecular weight excluding hydrogens is 494 g/mol. The Morgan fingerprint density at radius 2 is 1.84 bits per heavy atom. The number of carbonyl (C=O) groups excluding carboxylic acids is 3. The number of aromatic nitrogens is 2. The fourth-order valence-corrected chi connectivity index (χ4v) is 5.60. The predicted octanol–water partition coefficient (Wildman–Crippen LogP) is 1.92. The van der Waals surface area contributed by atoms with Gasteiger partial charge in [-0.05, 0) is 55.2 Å². The van der Waals surface area contributed by atoms with Crippen LogP contribution in [0.25, 0.3) is 10.9 Å². The lowest BCUT2D eigenvalue weighted by molar-refractivity contribution is -0.129. The molecular formula is C26H29N5O5S. The molecule has 0 spiro atoms. The fraction of sp³-hybridized carbons (Fsp3) is 0.346. The predicted molar refractivity (Wildman–Crippen MR) is 137 cm³/mol. The van der Waals surface area contributed by atoms with Gasteiger partial charge in [-0.25, -0.2) is 13.4 Å². The van der Waals surface area contributed by atoms with E-state index in [0.29, 0.717) is 12.0 Å². The topological polar surface area (TPSA) is 138 Å². The average molecular weight is 524 g/mol. The average Bonchev–Trinajstić information content (AvgIpc) is 3.08. The number of hydrogen-bond acceptors (Lipinski definition) is 7. The van der Waals surface area contributed by atoms with Gasteiger partial charge in [0, 0.05) is 29.9 Å². The Labute approximate surface area is 215 Å². The van der Waals surface area contributed by atoms with E-state index in [2.05, 4.69) is 20.6 Å². The summed E-state index contributed by atoms with van der Waals surface area (Å²) in [6, 6.07) is 11.5. The number of Topliss-reactive ketones (excluding diaryl/α,β-unsaturated/α-hetero) is 1. The zero-order valence-electron chi connectivity index (χ0n) is 20.6. The number of hydrogen-bond donors (Lipinski definition) is 2. The van der Waals surface area contributed by atoms with Crippen molar-refractivity contribution < 1.29 is 22.8 Å². The number of amides is 2. The van der Waals surface area contributed by atoms with Gasteiger partial charge in [-0.2, -0.15) is 4.31 Å². The first-order chi connectivity index (χ1) is 17.7. The molecule has 3 heterocycles. The van der Waals surface area contributed by atoms with Gasteiger partial charge < -0.3 is 10.6 Å². The first kappa shape index (κ1) is 26.4. The second-order valence-electron chi connectivity index (χ2n) is 9.28. The quantitative estimate of drug-likeness (QED) is 0.482. The monoisotopic (exact) mass is 523 g/mol. The molecule has 194 valence electrons. The molecule has 0 radical (unpaired) electrons. The lowest BCUT2D eigenvalue weighted by Crippen LogP contribution is -2.54. The van der Waals surface area contributed by atoms with Crippen LogP contribution < -0.4 is 10.6 Å². The van der Waals surface area contributed by atoms with Crippen LogP contribution in [0.1, 0.15) is 37.0 Å². The highest BCUT2D eigenvalue weighted by Crippen LogP contribution is 2.18. The summed E-state index contributed by atoms with van der Waals surface area (Å²) in [6.45, 7) is 3.36. The number of benzene rings is 1. The number of nitrogens with one attached hydrogen (secondary N) is 2. The third-order valence-electron chi connectivity index (χ3n) is 6.28. The van der Waals surface area contributed by atoms with E-state index >= 15 is 0 Å². The summed E-state index contributed by atoms with van der Waals surface area (Å²) in [5.74, 6) is -1.58. The van der Waals surface area contributed by atoms with Crippen molar-refractivity contribution in [2.75, 3.05) is 13.1 Å². The van der Waals surface area contributed by atoms with Gasteiger partial charge in [0.05, 0.1) is 18.1 Å². The zero-order chi connectivity index (χ0) is 26.6. The van der Waals surface area contributed by atoms with Crippen LogP contribution in [-0.4, -0.2) is 65.5 Å². The maximum Gasteiger partial charge on any atom is 0.260 e. The van der Waals surface area contributed by atoms with Crippen LogP contribution in [0.4, 0.5) is 0 Å². The first-order valence-electron chi connectivity index (χ1n) is 12.1. The molecule has 3 aromatic rings. The minimum atomic E-state index is -3.93. The van der Waals surface area contributed by atoms with Crippen LogP contribution >= 0.6 is 0 Å². The number of carbonyl (C=O) groups is 3. The van der Waals surface area contributed by atoms with Gasteiger partial charge in [0.1, 0.15) is 6.04 Å². The van der Waals surface area contributed by atoms with Crippen LogP contribution in [-0.2, 0) is 19.6 Å².